The number of anilines is 1. The number of amides is 2. The maximum absolute atomic E-state index is 13.5. The van der Waals surface area contributed by atoms with Crippen molar-refractivity contribution in [2.75, 3.05) is 19.0 Å². The molecule has 212 valence electrons. The van der Waals surface area contributed by atoms with Gasteiger partial charge in [-0.3, -0.25) is 14.5 Å². The number of furan rings is 1. The van der Waals surface area contributed by atoms with Crippen LogP contribution in [-0.2, 0) is 16.1 Å². The number of hydrogen-bond acceptors (Lipinski definition) is 8. The van der Waals surface area contributed by atoms with Crippen molar-refractivity contribution in [2.45, 2.75) is 6.54 Å². The molecule has 0 saturated carbocycles. The normalized spacial score (nSPS) is 15.1. The van der Waals surface area contributed by atoms with Gasteiger partial charge in [0.25, 0.3) is 11.8 Å². The van der Waals surface area contributed by atoms with Crippen LogP contribution in [0.1, 0.15) is 16.9 Å². The predicted octanol–water partition coefficient (Wildman–Crippen LogP) is 5.95. The van der Waals surface area contributed by atoms with E-state index in [0.29, 0.717) is 38.6 Å². The molecule has 42 heavy (non-hydrogen) atoms. The molecule has 4 aromatic rings. The lowest BCUT2D eigenvalue weighted by Crippen LogP contribution is -2.28. The Balaban J connectivity index is 1.35. The highest BCUT2D eigenvalue weighted by atomic mass is 32.2. The highest BCUT2D eigenvalue weighted by Gasteiger charge is 2.34. The number of benzene rings is 3. The van der Waals surface area contributed by atoms with Crippen molar-refractivity contribution in [1.82, 2.24) is 4.90 Å². The Kier molecular flexibility index (Phi) is 9.10. The van der Waals surface area contributed by atoms with E-state index in [1.165, 1.54) is 35.4 Å². The second-order valence-corrected chi connectivity index (χ2v) is 9.84. The highest BCUT2D eigenvalue weighted by Crippen LogP contribution is 2.35. The largest absolute Gasteiger partial charge is 0.496 e. The number of halogens is 1. The number of methoxy groups -OCH3 is 1. The number of ether oxygens (including phenoxy) is 2. The summed E-state index contributed by atoms with van der Waals surface area (Å²) in [7, 11) is 1.58. The van der Waals surface area contributed by atoms with Gasteiger partial charge in [-0.2, -0.15) is 5.10 Å². The number of para-hydroxylation sites is 2. The third-order valence-corrected chi connectivity index (χ3v) is 6.95. The Morgan fingerprint density at radius 3 is 2.48 bits per heavy atom. The van der Waals surface area contributed by atoms with Gasteiger partial charge in [0.2, 0.25) is 0 Å². The van der Waals surface area contributed by atoms with Crippen LogP contribution >= 0.6 is 11.8 Å². The quantitative estimate of drug-likeness (QED) is 0.140. The lowest BCUT2D eigenvalue weighted by Gasteiger charge is -2.12. The molecule has 0 aliphatic carbocycles. The molecule has 0 unspecified atom stereocenters. The molecule has 0 radical (unpaired) electrons. The van der Waals surface area contributed by atoms with Crippen molar-refractivity contribution < 1.29 is 27.9 Å². The smallest absolute Gasteiger partial charge is 0.267 e. The van der Waals surface area contributed by atoms with E-state index in [4.69, 9.17) is 13.9 Å². The molecule has 0 spiro atoms. The van der Waals surface area contributed by atoms with Crippen LogP contribution in [0.15, 0.2) is 111 Å². The molecule has 2 amide bonds. The van der Waals surface area contributed by atoms with E-state index in [1.807, 2.05) is 24.3 Å². The maximum atomic E-state index is 13.5. The maximum Gasteiger partial charge on any atom is 0.267 e. The summed E-state index contributed by atoms with van der Waals surface area (Å²) in [5.74, 6) is 0.540. The monoisotopic (exact) mass is 584 g/mol. The van der Waals surface area contributed by atoms with Gasteiger partial charge in [0.15, 0.2) is 11.8 Å². The minimum atomic E-state index is -0.415. The molecule has 5 rings (SSSR count). The standard InChI is InChI=1S/C31H25FN4O5S/c1-39-26-10-4-3-8-22(26)18-33-35-31-36(19-25-9-6-16-40-25)30(38)28(42-31)17-21-7-2-5-11-27(21)41-20-29(37)34-24-14-12-23(32)13-15-24/h2-18H,19-20H2,1H3,(H,34,37)/b28-17-,33-18+,35-31-. The number of thioether (sulfide) groups is 1. The molecule has 0 atom stereocenters. The van der Waals surface area contributed by atoms with Gasteiger partial charge in [-0.05, 0) is 72.4 Å². The first-order valence-corrected chi connectivity index (χ1v) is 13.6. The van der Waals surface area contributed by atoms with Gasteiger partial charge in [-0.25, -0.2) is 4.39 Å². The van der Waals surface area contributed by atoms with E-state index in [9.17, 15) is 14.0 Å². The summed E-state index contributed by atoms with van der Waals surface area (Å²) in [6.45, 7) is -0.117. The summed E-state index contributed by atoms with van der Waals surface area (Å²) < 4.78 is 29.7. The van der Waals surface area contributed by atoms with E-state index in [-0.39, 0.29) is 19.1 Å². The zero-order valence-corrected chi connectivity index (χ0v) is 23.2. The second-order valence-electron chi connectivity index (χ2n) is 8.83. The van der Waals surface area contributed by atoms with Crippen molar-refractivity contribution in [2.24, 2.45) is 10.2 Å². The van der Waals surface area contributed by atoms with Gasteiger partial charge in [-0.1, -0.05) is 30.3 Å². The summed E-state index contributed by atoms with van der Waals surface area (Å²) in [6.07, 6.45) is 4.78. The first kappa shape index (κ1) is 28.4. The first-order chi connectivity index (χ1) is 20.5. The topological polar surface area (TPSA) is 106 Å². The minimum Gasteiger partial charge on any atom is -0.496 e. The Morgan fingerprint density at radius 2 is 1.74 bits per heavy atom. The van der Waals surface area contributed by atoms with Crippen LogP contribution in [0.3, 0.4) is 0 Å². The fourth-order valence-electron chi connectivity index (χ4n) is 3.94. The van der Waals surface area contributed by atoms with Gasteiger partial charge in [-0.15, -0.1) is 5.10 Å². The molecule has 1 N–H and O–H groups in total. The van der Waals surface area contributed by atoms with Crippen LogP contribution in [0, 0.1) is 5.82 Å². The lowest BCUT2D eigenvalue weighted by atomic mass is 10.2. The van der Waals surface area contributed by atoms with Gasteiger partial charge in [0.1, 0.15) is 23.1 Å². The Hall–Kier alpha value is -5.16. The molecule has 1 fully saturated rings. The van der Waals surface area contributed by atoms with Gasteiger partial charge in [0.05, 0.1) is 31.0 Å². The summed E-state index contributed by atoms with van der Waals surface area (Å²) in [4.78, 5) is 27.8. The van der Waals surface area contributed by atoms with Crippen LogP contribution in [0.2, 0.25) is 0 Å². The number of carbonyl (C=O) groups excluding carboxylic acids is 2. The molecular formula is C31H25FN4O5S. The molecule has 1 aliphatic heterocycles. The Labute approximate surface area is 245 Å². The zero-order valence-electron chi connectivity index (χ0n) is 22.4. The van der Waals surface area contributed by atoms with Crippen LogP contribution in [0.25, 0.3) is 6.08 Å². The molecule has 2 heterocycles. The number of nitrogens with one attached hydrogen (secondary N) is 1. The van der Waals surface area contributed by atoms with Crippen LogP contribution in [0.4, 0.5) is 10.1 Å². The number of rotatable bonds is 10. The summed E-state index contributed by atoms with van der Waals surface area (Å²) in [5, 5.41) is 11.6. The second kappa shape index (κ2) is 13.5. The van der Waals surface area contributed by atoms with E-state index in [1.54, 1.807) is 55.8 Å². The van der Waals surface area contributed by atoms with Gasteiger partial charge in [0, 0.05) is 16.8 Å². The Morgan fingerprint density at radius 1 is 1.00 bits per heavy atom. The molecule has 1 saturated heterocycles. The fourth-order valence-corrected chi connectivity index (χ4v) is 4.87. The fraction of sp³-hybridized carbons (Fsp3) is 0.0968. The Bertz CT molecular complexity index is 1650. The number of amidine groups is 1. The van der Waals surface area contributed by atoms with Crippen LogP contribution in [0.5, 0.6) is 11.5 Å². The van der Waals surface area contributed by atoms with E-state index in [2.05, 4.69) is 15.5 Å². The lowest BCUT2D eigenvalue weighted by molar-refractivity contribution is -0.122. The van der Waals surface area contributed by atoms with E-state index in [0.717, 1.165) is 17.3 Å². The molecule has 1 aliphatic rings. The molecule has 11 heteroatoms. The average Bonchev–Trinajstić information content (AvgIpc) is 3.62. The number of carbonyl (C=O) groups is 2. The van der Waals surface area contributed by atoms with Gasteiger partial charge >= 0.3 is 0 Å². The van der Waals surface area contributed by atoms with Crippen LogP contribution < -0.4 is 14.8 Å². The predicted molar refractivity (Wildman–Crippen MR) is 160 cm³/mol. The number of nitrogens with zero attached hydrogens (tertiary/aromatic N) is 3. The average molecular weight is 585 g/mol. The molecule has 0 bridgehead atoms. The molecule has 9 nitrogen and oxygen atoms in total. The SMILES string of the molecule is COc1ccccc1/C=N/N=C1\S/C(=C\c2ccccc2OCC(=O)Nc2ccc(F)cc2)C(=O)N1Cc1ccco1. The zero-order chi connectivity index (χ0) is 29.3. The van der Waals surface area contributed by atoms with Crippen molar-refractivity contribution >= 4 is 46.7 Å². The molecular weight excluding hydrogens is 559 g/mol. The van der Waals surface area contributed by atoms with Crippen molar-refractivity contribution in [3.63, 3.8) is 0 Å². The first-order valence-electron chi connectivity index (χ1n) is 12.8. The van der Waals surface area contributed by atoms with E-state index >= 15 is 0 Å². The van der Waals surface area contributed by atoms with Crippen molar-refractivity contribution in [1.29, 1.82) is 0 Å². The number of hydrogen-bond donors (Lipinski definition) is 1. The summed E-state index contributed by atoms with van der Waals surface area (Å²) in [5.41, 5.74) is 1.78. The molecule has 3 aromatic carbocycles. The minimum absolute atomic E-state index is 0.168. The summed E-state index contributed by atoms with van der Waals surface area (Å²) in [6, 6.07) is 23.4. The van der Waals surface area contributed by atoms with Crippen molar-refractivity contribution in [3.05, 3.63) is 119 Å². The highest BCUT2D eigenvalue weighted by molar-refractivity contribution is 8.18. The molecule has 1 aromatic heterocycles. The van der Waals surface area contributed by atoms with E-state index < -0.39 is 11.7 Å². The van der Waals surface area contributed by atoms with Gasteiger partial charge < -0.3 is 19.2 Å². The van der Waals surface area contributed by atoms with Crippen molar-refractivity contribution in [3.8, 4) is 11.5 Å². The summed E-state index contributed by atoms with van der Waals surface area (Å²) >= 11 is 1.16. The third kappa shape index (κ3) is 7.12. The third-order valence-electron chi connectivity index (χ3n) is 5.95. The van der Waals surface area contributed by atoms with Crippen LogP contribution in [-0.4, -0.2) is 41.8 Å².